The Bertz CT molecular complexity index is 778. The van der Waals surface area contributed by atoms with Crippen LogP contribution in [0.4, 0.5) is 5.82 Å². The molecule has 0 unspecified atom stereocenters. The van der Waals surface area contributed by atoms with E-state index in [1.807, 2.05) is 4.90 Å². The number of β-amino-alcohol motifs (C(OH)–C–C–N with tert-alkyl or cyclic N) is 1. The van der Waals surface area contributed by atoms with Gasteiger partial charge in [-0.2, -0.15) is 0 Å². The number of nitrogens with one attached hydrogen (secondary N) is 1. The molecular formula is C13H18N6O3S. The van der Waals surface area contributed by atoms with E-state index in [0.29, 0.717) is 18.8 Å². The lowest BCUT2D eigenvalue weighted by atomic mass is 10.0. The number of rotatable bonds is 5. The van der Waals surface area contributed by atoms with Gasteiger partial charge in [-0.05, 0) is 6.42 Å². The van der Waals surface area contributed by atoms with Gasteiger partial charge in [-0.25, -0.2) is 23.1 Å². The summed E-state index contributed by atoms with van der Waals surface area (Å²) in [4.78, 5) is 13.9. The molecule has 0 aromatic carbocycles. The fourth-order valence-electron chi connectivity index (χ4n) is 2.48. The molecule has 0 saturated carbocycles. The molecule has 2 aromatic rings. The number of hydrogen-bond donors (Lipinski definition) is 2. The van der Waals surface area contributed by atoms with Gasteiger partial charge in [-0.15, -0.1) is 0 Å². The van der Waals surface area contributed by atoms with Crippen molar-refractivity contribution in [2.45, 2.75) is 17.0 Å². The molecule has 0 spiro atoms. The van der Waals surface area contributed by atoms with Crippen LogP contribution in [0.15, 0.2) is 36.1 Å². The Morgan fingerprint density at radius 2 is 2.22 bits per heavy atom. The van der Waals surface area contributed by atoms with Crippen molar-refractivity contribution in [2.75, 3.05) is 24.5 Å². The maximum Gasteiger partial charge on any atom is 0.259 e. The number of aryl methyl sites for hydroxylation is 1. The molecular weight excluding hydrogens is 320 g/mol. The van der Waals surface area contributed by atoms with Crippen molar-refractivity contribution in [3.05, 3.63) is 31.1 Å². The molecule has 0 amide bonds. The Kier molecular flexibility index (Phi) is 4.04. The molecule has 1 fully saturated rings. The van der Waals surface area contributed by atoms with Crippen molar-refractivity contribution in [2.24, 2.45) is 7.05 Å². The van der Waals surface area contributed by atoms with Crippen LogP contribution >= 0.6 is 0 Å². The van der Waals surface area contributed by atoms with Crippen molar-refractivity contribution in [3.63, 3.8) is 0 Å². The topological polar surface area (TPSA) is 113 Å². The lowest BCUT2D eigenvalue weighted by Crippen LogP contribution is -2.45. The quantitative estimate of drug-likeness (QED) is 0.728. The Morgan fingerprint density at radius 1 is 1.39 bits per heavy atom. The van der Waals surface area contributed by atoms with E-state index in [9.17, 15) is 13.5 Å². The number of hydrogen-bond acceptors (Lipinski definition) is 7. The minimum Gasteiger partial charge on any atom is -0.387 e. The van der Waals surface area contributed by atoms with Crippen molar-refractivity contribution >= 4 is 15.8 Å². The van der Waals surface area contributed by atoms with Gasteiger partial charge in [0.25, 0.3) is 10.0 Å². The summed E-state index contributed by atoms with van der Waals surface area (Å²) in [5.74, 6) is 0.663. The normalized spacial score (nSPS) is 21.7. The first-order chi connectivity index (χ1) is 10.9. The average molecular weight is 338 g/mol. The van der Waals surface area contributed by atoms with Gasteiger partial charge in [0.1, 0.15) is 5.82 Å². The van der Waals surface area contributed by atoms with Crippen molar-refractivity contribution in [1.29, 1.82) is 0 Å². The lowest BCUT2D eigenvalue weighted by Gasteiger charge is -2.23. The van der Waals surface area contributed by atoms with E-state index in [1.54, 1.807) is 30.2 Å². The van der Waals surface area contributed by atoms with E-state index in [-0.39, 0.29) is 18.1 Å². The number of aliphatic hydroxyl groups is 1. The van der Waals surface area contributed by atoms with E-state index >= 15 is 0 Å². The second-order valence-corrected chi connectivity index (χ2v) is 7.38. The summed E-state index contributed by atoms with van der Waals surface area (Å²) in [6.45, 7) is 0.791. The monoisotopic (exact) mass is 338 g/mol. The minimum absolute atomic E-state index is 0.0626. The molecule has 0 aliphatic carbocycles. The zero-order chi connectivity index (χ0) is 16.5. The Morgan fingerprint density at radius 3 is 2.87 bits per heavy atom. The molecule has 0 bridgehead atoms. The fourth-order valence-corrected chi connectivity index (χ4v) is 3.58. The Labute approximate surface area is 134 Å². The summed E-state index contributed by atoms with van der Waals surface area (Å²) in [6.07, 6.45) is 8.03. The minimum atomic E-state index is -3.74. The summed E-state index contributed by atoms with van der Waals surface area (Å²) < 4.78 is 28.3. The molecule has 1 aliphatic heterocycles. The zero-order valence-corrected chi connectivity index (χ0v) is 13.4. The standard InChI is InChI=1S/C13H18N6O3S/c1-18-7-12(16-10-18)23(21,22)17-8-13(20)2-5-19(9-13)11-6-14-3-4-15-11/h3-4,6-7,10,17,20H,2,5,8-9H2,1H3/t13-/m1/s1. The average Bonchev–Trinajstić information content (AvgIpc) is 3.14. The van der Waals surface area contributed by atoms with Crippen LogP contribution in [0.2, 0.25) is 0 Å². The van der Waals surface area contributed by atoms with Gasteiger partial charge in [0.15, 0.2) is 5.03 Å². The van der Waals surface area contributed by atoms with Crippen LogP contribution in [0, 0.1) is 0 Å². The molecule has 1 atom stereocenters. The van der Waals surface area contributed by atoms with E-state index in [2.05, 4.69) is 19.7 Å². The summed E-state index contributed by atoms with van der Waals surface area (Å²) in [6, 6.07) is 0. The van der Waals surface area contributed by atoms with Gasteiger partial charge < -0.3 is 14.6 Å². The van der Waals surface area contributed by atoms with Crippen LogP contribution in [0.3, 0.4) is 0 Å². The second-order valence-electron chi connectivity index (χ2n) is 5.66. The molecule has 3 rings (SSSR count). The zero-order valence-electron chi connectivity index (χ0n) is 12.6. The predicted octanol–water partition coefficient (Wildman–Crippen LogP) is -0.870. The van der Waals surface area contributed by atoms with Gasteiger partial charge in [0.05, 0.1) is 18.1 Å². The van der Waals surface area contributed by atoms with E-state index in [4.69, 9.17) is 0 Å². The molecule has 124 valence electrons. The van der Waals surface area contributed by atoms with Crippen LogP contribution in [-0.4, -0.2) is 58.3 Å². The highest BCUT2D eigenvalue weighted by atomic mass is 32.2. The fraction of sp³-hybridized carbons (Fsp3) is 0.462. The van der Waals surface area contributed by atoms with E-state index in [0.717, 1.165) is 0 Å². The highest BCUT2D eigenvalue weighted by Crippen LogP contribution is 2.24. The molecule has 3 heterocycles. The number of anilines is 1. The van der Waals surface area contributed by atoms with Gasteiger partial charge in [0.2, 0.25) is 0 Å². The number of aromatic nitrogens is 4. The van der Waals surface area contributed by atoms with Gasteiger partial charge in [-0.3, -0.25) is 4.98 Å². The summed E-state index contributed by atoms with van der Waals surface area (Å²) in [7, 11) is -2.05. The third kappa shape index (κ3) is 3.49. The van der Waals surface area contributed by atoms with Gasteiger partial charge >= 0.3 is 0 Å². The maximum absolute atomic E-state index is 12.2. The molecule has 1 aliphatic rings. The van der Waals surface area contributed by atoms with E-state index < -0.39 is 15.6 Å². The first-order valence-corrected chi connectivity index (χ1v) is 8.57. The Hall–Kier alpha value is -2.04. The Balaban J connectivity index is 1.64. The first kappa shape index (κ1) is 15.8. The number of sulfonamides is 1. The molecule has 23 heavy (non-hydrogen) atoms. The van der Waals surface area contributed by atoms with Crippen molar-refractivity contribution < 1.29 is 13.5 Å². The molecule has 2 N–H and O–H groups in total. The van der Waals surface area contributed by atoms with Crippen LogP contribution in [0.25, 0.3) is 0 Å². The SMILES string of the molecule is Cn1cnc(S(=O)(=O)NC[C@]2(O)CCN(c3cnccn3)C2)c1. The molecule has 9 nitrogen and oxygen atoms in total. The molecule has 10 heteroatoms. The second kappa shape index (κ2) is 5.87. The van der Waals surface area contributed by atoms with Crippen LogP contribution < -0.4 is 9.62 Å². The van der Waals surface area contributed by atoms with Crippen LogP contribution in [0.1, 0.15) is 6.42 Å². The lowest BCUT2D eigenvalue weighted by molar-refractivity contribution is 0.0685. The van der Waals surface area contributed by atoms with Gasteiger partial charge in [0, 0.05) is 45.3 Å². The smallest absolute Gasteiger partial charge is 0.259 e. The highest BCUT2D eigenvalue weighted by Gasteiger charge is 2.38. The predicted molar refractivity (Wildman–Crippen MR) is 82.2 cm³/mol. The third-order valence-electron chi connectivity index (χ3n) is 3.75. The van der Waals surface area contributed by atoms with Crippen LogP contribution in [0.5, 0.6) is 0 Å². The molecule has 2 aromatic heterocycles. The summed E-state index contributed by atoms with van der Waals surface area (Å²) >= 11 is 0. The first-order valence-electron chi connectivity index (χ1n) is 7.09. The highest BCUT2D eigenvalue weighted by molar-refractivity contribution is 7.89. The number of nitrogens with zero attached hydrogens (tertiary/aromatic N) is 5. The summed E-state index contributed by atoms with van der Waals surface area (Å²) in [5, 5.41) is 10.5. The molecule has 0 radical (unpaired) electrons. The largest absolute Gasteiger partial charge is 0.387 e. The maximum atomic E-state index is 12.2. The van der Waals surface area contributed by atoms with Crippen LogP contribution in [-0.2, 0) is 17.1 Å². The third-order valence-corrected chi connectivity index (χ3v) is 5.04. The van der Waals surface area contributed by atoms with Crippen molar-refractivity contribution in [3.8, 4) is 0 Å². The summed E-state index contributed by atoms with van der Waals surface area (Å²) in [5.41, 5.74) is -1.15. The van der Waals surface area contributed by atoms with Crippen molar-refractivity contribution in [1.82, 2.24) is 24.2 Å². The molecule has 1 saturated heterocycles. The van der Waals surface area contributed by atoms with Gasteiger partial charge in [-0.1, -0.05) is 0 Å². The number of imidazole rings is 1. The van der Waals surface area contributed by atoms with E-state index in [1.165, 1.54) is 12.5 Å².